The van der Waals surface area contributed by atoms with Gasteiger partial charge in [0.25, 0.3) is 0 Å². The van der Waals surface area contributed by atoms with Crippen LogP contribution in [0.2, 0.25) is 0 Å². The monoisotopic (exact) mass is 632 g/mol. The van der Waals surface area contributed by atoms with E-state index in [1.165, 1.54) is 11.1 Å². The second kappa shape index (κ2) is 16.7. The summed E-state index contributed by atoms with van der Waals surface area (Å²) in [6.45, 7) is 8.79. The van der Waals surface area contributed by atoms with Crippen LogP contribution in [0.1, 0.15) is 56.7 Å². The molecule has 48 heavy (non-hydrogen) atoms. The van der Waals surface area contributed by atoms with Gasteiger partial charge in [0.15, 0.2) is 0 Å². The van der Waals surface area contributed by atoms with Crippen molar-refractivity contribution in [2.75, 3.05) is 0 Å². The third-order valence-electron chi connectivity index (χ3n) is 8.30. The number of nitrogens with zero attached hydrogens (tertiary/aromatic N) is 6. The summed E-state index contributed by atoms with van der Waals surface area (Å²) in [6.07, 6.45) is 1.67. The first-order valence-electron chi connectivity index (χ1n) is 16.8. The van der Waals surface area contributed by atoms with Gasteiger partial charge in [-0.2, -0.15) is 0 Å². The molecule has 0 fully saturated rings. The van der Waals surface area contributed by atoms with Crippen molar-refractivity contribution >= 4 is 0 Å². The highest BCUT2D eigenvalue weighted by atomic mass is 15.1. The molecule has 0 unspecified atom stereocenters. The predicted octanol–water partition coefficient (Wildman–Crippen LogP) is 8.07. The molecule has 0 aliphatic carbocycles. The van der Waals surface area contributed by atoms with Crippen molar-refractivity contribution < 1.29 is 0 Å². The minimum atomic E-state index is 0.749. The summed E-state index contributed by atoms with van der Waals surface area (Å²) in [7, 11) is 0. The Morgan fingerprint density at radius 2 is 0.667 bits per heavy atom. The van der Waals surface area contributed by atoms with Gasteiger partial charge in [-0.15, -0.1) is 0 Å². The van der Waals surface area contributed by atoms with Gasteiger partial charge in [0, 0.05) is 62.0 Å². The van der Waals surface area contributed by atoms with Crippen LogP contribution in [-0.2, 0) is 52.1 Å². The predicted molar refractivity (Wildman–Crippen MR) is 193 cm³/mol. The molecule has 0 aliphatic rings. The molecule has 0 spiro atoms. The fourth-order valence-corrected chi connectivity index (χ4v) is 6.08. The topological polar surface area (TPSA) is 58.0 Å². The summed E-state index contributed by atoms with van der Waals surface area (Å²) in [4.78, 5) is 24.6. The van der Waals surface area contributed by atoms with Gasteiger partial charge in [-0.1, -0.05) is 84.9 Å². The van der Waals surface area contributed by atoms with Crippen LogP contribution in [0.3, 0.4) is 0 Å². The maximum atomic E-state index is 5.09. The Balaban J connectivity index is 1.11. The van der Waals surface area contributed by atoms with Crippen LogP contribution < -0.4 is 0 Å². The fourth-order valence-electron chi connectivity index (χ4n) is 6.08. The Morgan fingerprint density at radius 1 is 0.333 bits per heavy atom. The fraction of sp³-hybridized carbons (Fsp3) is 0.238. The molecule has 6 rings (SSSR count). The molecule has 4 heterocycles. The van der Waals surface area contributed by atoms with Crippen molar-refractivity contribution in [2.24, 2.45) is 0 Å². The molecule has 6 nitrogen and oxygen atoms in total. The number of hydrogen-bond donors (Lipinski definition) is 0. The van der Waals surface area contributed by atoms with Crippen LogP contribution in [0.4, 0.5) is 0 Å². The number of benzene rings is 2. The number of aromatic nitrogens is 4. The number of rotatable bonds is 15. The van der Waals surface area contributed by atoms with Gasteiger partial charge in [0.1, 0.15) is 0 Å². The highest BCUT2D eigenvalue weighted by molar-refractivity contribution is 5.20. The third kappa shape index (κ3) is 10.2. The molecule has 0 atom stereocenters. The highest BCUT2D eigenvalue weighted by Crippen LogP contribution is 2.16. The summed E-state index contributed by atoms with van der Waals surface area (Å²) in [5.41, 5.74) is 11.1. The van der Waals surface area contributed by atoms with Gasteiger partial charge < -0.3 is 0 Å². The van der Waals surface area contributed by atoms with Gasteiger partial charge >= 0.3 is 0 Å². The van der Waals surface area contributed by atoms with Crippen LogP contribution in [0.15, 0.2) is 133 Å². The molecule has 0 aliphatic heterocycles. The highest BCUT2D eigenvalue weighted by Gasteiger charge is 2.13. The van der Waals surface area contributed by atoms with E-state index in [2.05, 4.69) is 131 Å². The lowest BCUT2D eigenvalue weighted by Crippen LogP contribution is -2.24. The zero-order valence-electron chi connectivity index (χ0n) is 28.0. The van der Waals surface area contributed by atoms with Crippen molar-refractivity contribution in [2.45, 2.75) is 66.0 Å². The standard InChI is InChI=1S/C42H44N6/c1-33-13-9-21-39(43-33)29-47(27-35-15-5-3-6-16-35)31-41-23-11-19-37(45-41)25-26-38-20-12-24-42(46-38)32-48(28-36-17-7-4-8-18-36)30-40-22-10-14-34(2)44-40/h3-24H,25-32H2,1-2H3. The molecule has 0 amide bonds. The minimum Gasteiger partial charge on any atom is -0.287 e. The maximum Gasteiger partial charge on any atom is 0.0547 e. The maximum absolute atomic E-state index is 5.09. The van der Waals surface area contributed by atoms with Gasteiger partial charge in [-0.3, -0.25) is 29.7 Å². The van der Waals surface area contributed by atoms with E-state index in [1.807, 2.05) is 26.0 Å². The number of pyridine rings is 4. The molecule has 242 valence electrons. The first-order valence-corrected chi connectivity index (χ1v) is 16.8. The zero-order chi connectivity index (χ0) is 33.0. The van der Waals surface area contributed by atoms with Crippen molar-refractivity contribution in [1.82, 2.24) is 29.7 Å². The number of aryl methyl sites for hydroxylation is 4. The van der Waals surface area contributed by atoms with E-state index in [-0.39, 0.29) is 0 Å². The SMILES string of the molecule is Cc1cccc(CN(Cc2ccccc2)Cc2cccc(CCc3cccc(CN(Cc4ccccc4)Cc4cccc(C)n4)n3)n2)n1. The zero-order valence-corrected chi connectivity index (χ0v) is 28.0. The van der Waals surface area contributed by atoms with E-state index < -0.39 is 0 Å². The summed E-state index contributed by atoms with van der Waals surface area (Å²) in [5.74, 6) is 0. The van der Waals surface area contributed by atoms with E-state index in [9.17, 15) is 0 Å². The van der Waals surface area contributed by atoms with E-state index >= 15 is 0 Å². The Labute approximate surface area is 285 Å². The van der Waals surface area contributed by atoms with Crippen molar-refractivity contribution in [3.8, 4) is 0 Å². The third-order valence-corrected chi connectivity index (χ3v) is 8.30. The van der Waals surface area contributed by atoms with Gasteiger partial charge in [-0.05, 0) is 86.3 Å². The van der Waals surface area contributed by atoms with Gasteiger partial charge in [0.2, 0.25) is 0 Å². The molecular formula is C42H44N6. The molecule has 0 radical (unpaired) electrons. The largest absolute Gasteiger partial charge is 0.287 e. The Morgan fingerprint density at radius 3 is 1.04 bits per heavy atom. The molecule has 0 bridgehead atoms. The van der Waals surface area contributed by atoms with Gasteiger partial charge in [-0.25, -0.2) is 0 Å². The van der Waals surface area contributed by atoms with Crippen LogP contribution >= 0.6 is 0 Å². The van der Waals surface area contributed by atoms with Crippen molar-refractivity contribution in [1.29, 1.82) is 0 Å². The van der Waals surface area contributed by atoms with Crippen LogP contribution in [0, 0.1) is 13.8 Å². The molecule has 6 aromatic rings. The van der Waals surface area contributed by atoms with Crippen LogP contribution in [0.25, 0.3) is 0 Å². The van der Waals surface area contributed by atoms with Crippen molar-refractivity contribution in [3.63, 3.8) is 0 Å². The molecule has 0 saturated carbocycles. The van der Waals surface area contributed by atoms with Gasteiger partial charge in [0.05, 0.1) is 22.8 Å². The van der Waals surface area contributed by atoms with Crippen LogP contribution in [-0.4, -0.2) is 29.7 Å². The van der Waals surface area contributed by atoms with Crippen molar-refractivity contribution in [3.05, 3.63) is 190 Å². The van der Waals surface area contributed by atoms with E-state index in [4.69, 9.17) is 19.9 Å². The van der Waals surface area contributed by atoms with Crippen LogP contribution in [0.5, 0.6) is 0 Å². The summed E-state index contributed by atoms with van der Waals surface area (Å²) in [6, 6.07) is 46.5. The first-order chi connectivity index (χ1) is 23.5. The number of hydrogen-bond acceptors (Lipinski definition) is 6. The second-order valence-electron chi connectivity index (χ2n) is 12.5. The smallest absolute Gasteiger partial charge is 0.0547 e. The summed E-state index contributed by atoms with van der Waals surface area (Å²) in [5, 5.41) is 0. The second-order valence-corrected chi connectivity index (χ2v) is 12.5. The summed E-state index contributed by atoms with van der Waals surface area (Å²) >= 11 is 0. The van der Waals surface area contributed by atoms with E-state index in [0.29, 0.717) is 0 Å². The molecule has 4 aromatic heterocycles. The van der Waals surface area contributed by atoms with E-state index in [1.54, 1.807) is 0 Å². The minimum absolute atomic E-state index is 0.749. The molecule has 0 N–H and O–H groups in total. The van der Waals surface area contributed by atoms with E-state index in [0.717, 1.165) is 97.7 Å². The Hall–Kier alpha value is -5.04. The normalized spacial score (nSPS) is 11.3. The molecule has 0 saturated heterocycles. The Bertz CT molecular complexity index is 1740. The molecule has 2 aromatic carbocycles. The summed E-state index contributed by atoms with van der Waals surface area (Å²) < 4.78 is 0. The lowest BCUT2D eigenvalue weighted by molar-refractivity contribution is 0.241. The quantitative estimate of drug-likeness (QED) is 0.114. The average molecular weight is 633 g/mol. The lowest BCUT2D eigenvalue weighted by Gasteiger charge is -2.22. The average Bonchev–Trinajstić information content (AvgIpc) is 3.09. The molecule has 6 heteroatoms. The Kier molecular flexibility index (Phi) is 11.4. The lowest BCUT2D eigenvalue weighted by atomic mass is 10.1. The first kappa shape index (κ1) is 32.9. The molecular weight excluding hydrogens is 589 g/mol.